The molecule has 0 atom stereocenters. The van der Waals surface area contributed by atoms with Gasteiger partial charge in [-0.2, -0.15) is 0 Å². The second-order valence-corrected chi connectivity index (χ2v) is 8.68. The van der Waals surface area contributed by atoms with E-state index in [1.165, 1.54) is 24.8 Å². The molecule has 1 aliphatic heterocycles. The third-order valence-electron chi connectivity index (χ3n) is 6.47. The first-order chi connectivity index (χ1) is 13.0. The molecule has 0 bridgehead atoms. The minimum atomic E-state index is 0.0346. The molecule has 148 valence electrons. The van der Waals surface area contributed by atoms with Gasteiger partial charge in [0.25, 0.3) is 0 Å². The fourth-order valence-corrected chi connectivity index (χ4v) is 4.72. The molecule has 2 aliphatic rings. The number of hydrogen-bond donors (Lipinski definition) is 1. The number of amides is 2. The number of carbonyl (C=O) groups is 2. The third kappa shape index (κ3) is 4.72. The Morgan fingerprint density at radius 3 is 2.30 bits per heavy atom. The van der Waals surface area contributed by atoms with E-state index in [2.05, 4.69) is 35.6 Å². The monoisotopic (exact) mass is 370 g/mol. The fourth-order valence-electron chi connectivity index (χ4n) is 4.72. The molecule has 2 amide bonds. The summed E-state index contributed by atoms with van der Waals surface area (Å²) in [7, 11) is 0. The third-order valence-corrected chi connectivity index (χ3v) is 6.47. The van der Waals surface area contributed by atoms with Crippen molar-refractivity contribution >= 4 is 11.8 Å². The molecule has 1 saturated carbocycles. The van der Waals surface area contributed by atoms with E-state index in [4.69, 9.17) is 0 Å². The smallest absolute Gasteiger partial charge is 0.225 e. The Bertz CT molecular complexity index is 627. The number of benzene rings is 1. The largest absolute Gasteiger partial charge is 0.355 e. The van der Waals surface area contributed by atoms with E-state index < -0.39 is 0 Å². The molecule has 0 aromatic heterocycles. The Morgan fingerprint density at radius 2 is 1.70 bits per heavy atom. The van der Waals surface area contributed by atoms with Crippen LogP contribution in [0.5, 0.6) is 0 Å². The fraction of sp³-hybridized carbons (Fsp3) is 0.652. The van der Waals surface area contributed by atoms with E-state index in [1.54, 1.807) is 0 Å². The Hall–Kier alpha value is -1.84. The number of piperidine rings is 1. The molecule has 1 aliphatic carbocycles. The Morgan fingerprint density at radius 1 is 1.07 bits per heavy atom. The molecule has 4 nitrogen and oxygen atoms in total. The minimum absolute atomic E-state index is 0.0346. The summed E-state index contributed by atoms with van der Waals surface area (Å²) >= 11 is 0. The zero-order valence-electron chi connectivity index (χ0n) is 16.9. The summed E-state index contributed by atoms with van der Waals surface area (Å²) in [6.07, 6.45) is 7.63. The van der Waals surface area contributed by atoms with Crippen molar-refractivity contribution in [3.63, 3.8) is 0 Å². The van der Waals surface area contributed by atoms with Crippen LogP contribution in [0.4, 0.5) is 0 Å². The molecule has 27 heavy (non-hydrogen) atoms. The van der Waals surface area contributed by atoms with E-state index in [-0.39, 0.29) is 29.1 Å². The molecule has 4 heteroatoms. The van der Waals surface area contributed by atoms with E-state index in [0.29, 0.717) is 13.1 Å². The minimum Gasteiger partial charge on any atom is -0.355 e. The number of nitrogens with zero attached hydrogens (tertiary/aromatic N) is 1. The van der Waals surface area contributed by atoms with Gasteiger partial charge in [0.2, 0.25) is 11.8 Å². The number of likely N-dealkylation sites (tertiary alicyclic amines) is 1. The lowest BCUT2D eigenvalue weighted by molar-refractivity contribution is -0.138. The Labute approximate surface area is 163 Å². The molecule has 0 unspecified atom stereocenters. The van der Waals surface area contributed by atoms with Crippen LogP contribution in [0.1, 0.15) is 64.4 Å². The molecule has 2 fully saturated rings. The van der Waals surface area contributed by atoms with Crippen molar-refractivity contribution in [1.82, 2.24) is 10.2 Å². The van der Waals surface area contributed by atoms with E-state index >= 15 is 0 Å². The molecule has 1 aromatic rings. The van der Waals surface area contributed by atoms with Gasteiger partial charge >= 0.3 is 0 Å². The summed E-state index contributed by atoms with van der Waals surface area (Å²) < 4.78 is 0. The van der Waals surface area contributed by atoms with Crippen molar-refractivity contribution in [2.24, 2.45) is 11.8 Å². The van der Waals surface area contributed by atoms with Crippen molar-refractivity contribution < 1.29 is 9.59 Å². The summed E-state index contributed by atoms with van der Waals surface area (Å²) in [4.78, 5) is 26.9. The lowest BCUT2D eigenvalue weighted by Gasteiger charge is -2.39. The van der Waals surface area contributed by atoms with Crippen molar-refractivity contribution in [2.45, 2.75) is 64.2 Å². The summed E-state index contributed by atoms with van der Waals surface area (Å²) in [6, 6.07) is 10.7. The number of nitrogens with one attached hydrogen (secondary N) is 1. The van der Waals surface area contributed by atoms with Crippen LogP contribution < -0.4 is 5.32 Å². The van der Waals surface area contributed by atoms with E-state index in [1.807, 2.05) is 18.7 Å². The van der Waals surface area contributed by atoms with Crippen LogP contribution in [0.25, 0.3) is 0 Å². The van der Waals surface area contributed by atoms with E-state index in [0.717, 1.165) is 32.2 Å². The van der Waals surface area contributed by atoms with Gasteiger partial charge in [0.1, 0.15) is 0 Å². The van der Waals surface area contributed by atoms with Crippen LogP contribution >= 0.6 is 0 Å². The first-order valence-electron chi connectivity index (χ1n) is 10.6. The summed E-state index contributed by atoms with van der Waals surface area (Å²) in [5.41, 5.74) is 1.45. The topological polar surface area (TPSA) is 49.4 Å². The van der Waals surface area contributed by atoms with Gasteiger partial charge in [-0.25, -0.2) is 0 Å². The van der Waals surface area contributed by atoms with Gasteiger partial charge in [-0.15, -0.1) is 0 Å². The average molecular weight is 371 g/mol. The number of carbonyl (C=O) groups excluding carboxylic acids is 2. The average Bonchev–Trinajstić information content (AvgIpc) is 2.73. The van der Waals surface area contributed by atoms with Gasteiger partial charge in [0.05, 0.1) is 0 Å². The predicted molar refractivity (Wildman–Crippen MR) is 108 cm³/mol. The van der Waals surface area contributed by atoms with Gasteiger partial charge < -0.3 is 10.2 Å². The molecule has 1 heterocycles. The number of rotatable bonds is 5. The van der Waals surface area contributed by atoms with Gasteiger partial charge in [-0.05, 0) is 31.2 Å². The lowest BCUT2D eigenvalue weighted by atomic mass is 9.69. The van der Waals surface area contributed by atoms with Gasteiger partial charge in [-0.3, -0.25) is 9.59 Å². The molecule has 0 radical (unpaired) electrons. The molecule has 3 rings (SSSR count). The normalized spacial score (nSPS) is 20.5. The van der Waals surface area contributed by atoms with E-state index in [9.17, 15) is 9.59 Å². The lowest BCUT2D eigenvalue weighted by Crippen LogP contribution is -2.47. The highest BCUT2D eigenvalue weighted by atomic mass is 16.2. The predicted octanol–water partition coefficient (Wildman–Crippen LogP) is 3.90. The standard InChI is InChI=1S/C23H34N2O2/c1-18(2)22(27)25-15-11-19(12-16-25)21(26)24-17-23(13-7-4-8-14-23)20-9-5-3-6-10-20/h3,5-6,9-10,18-19H,4,7-8,11-17H2,1-2H3,(H,24,26). The first-order valence-corrected chi connectivity index (χ1v) is 10.6. The van der Waals surface area contributed by atoms with Crippen LogP contribution in [0, 0.1) is 11.8 Å². The molecule has 1 N–H and O–H groups in total. The SMILES string of the molecule is CC(C)C(=O)N1CCC(C(=O)NCC2(c3ccccc3)CCCCC2)CC1. The van der Waals surface area contributed by atoms with Gasteiger partial charge in [-0.1, -0.05) is 63.4 Å². The van der Waals surface area contributed by atoms with Gasteiger partial charge in [0.15, 0.2) is 0 Å². The maximum atomic E-state index is 12.8. The van der Waals surface area contributed by atoms with Gasteiger partial charge in [0, 0.05) is 36.9 Å². The van der Waals surface area contributed by atoms with Crippen LogP contribution in [0.15, 0.2) is 30.3 Å². The highest BCUT2D eigenvalue weighted by molar-refractivity contribution is 5.80. The molecular formula is C23H34N2O2. The highest BCUT2D eigenvalue weighted by Gasteiger charge is 2.35. The number of hydrogen-bond acceptors (Lipinski definition) is 2. The van der Waals surface area contributed by atoms with Crippen LogP contribution in [-0.4, -0.2) is 36.3 Å². The molecule has 1 saturated heterocycles. The first kappa shape index (κ1) is 19.9. The van der Waals surface area contributed by atoms with Crippen molar-refractivity contribution in [3.8, 4) is 0 Å². The van der Waals surface area contributed by atoms with Crippen molar-refractivity contribution in [3.05, 3.63) is 35.9 Å². The Balaban J connectivity index is 1.57. The summed E-state index contributed by atoms with van der Waals surface area (Å²) in [6.45, 7) is 6.03. The van der Waals surface area contributed by atoms with Crippen molar-refractivity contribution in [2.75, 3.05) is 19.6 Å². The van der Waals surface area contributed by atoms with Crippen molar-refractivity contribution in [1.29, 1.82) is 0 Å². The molecule has 0 spiro atoms. The maximum absolute atomic E-state index is 12.8. The summed E-state index contributed by atoms with van der Waals surface area (Å²) in [5.74, 6) is 0.455. The molecule has 1 aromatic carbocycles. The zero-order chi connectivity index (χ0) is 19.3. The zero-order valence-corrected chi connectivity index (χ0v) is 16.9. The summed E-state index contributed by atoms with van der Waals surface area (Å²) in [5, 5.41) is 3.29. The van der Waals surface area contributed by atoms with Crippen LogP contribution in [0.3, 0.4) is 0 Å². The second kappa shape index (κ2) is 8.90. The van der Waals surface area contributed by atoms with Crippen LogP contribution in [0.2, 0.25) is 0 Å². The quantitative estimate of drug-likeness (QED) is 0.854. The highest BCUT2D eigenvalue weighted by Crippen LogP contribution is 2.39. The molecular weight excluding hydrogens is 336 g/mol. The maximum Gasteiger partial charge on any atom is 0.225 e. The Kier molecular flexibility index (Phi) is 6.56. The second-order valence-electron chi connectivity index (χ2n) is 8.68. The van der Waals surface area contributed by atoms with Crippen LogP contribution in [-0.2, 0) is 15.0 Å².